The summed E-state index contributed by atoms with van der Waals surface area (Å²) in [6.45, 7) is 3.50. The van der Waals surface area contributed by atoms with Crippen LogP contribution >= 0.6 is 0 Å². The van der Waals surface area contributed by atoms with Gasteiger partial charge in [-0.1, -0.05) is 5.16 Å². The Balaban J connectivity index is 1.88. The number of imide groups is 1. The minimum atomic E-state index is -1.11. The van der Waals surface area contributed by atoms with Gasteiger partial charge in [0, 0.05) is 24.9 Å². The molecule has 1 fully saturated rings. The molecule has 1 aliphatic rings. The Labute approximate surface area is 120 Å². The summed E-state index contributed by atoms with van der Waals surface area (Å²) < 4.78 is 6.54. The van der Waals surface area contributed by atoms with E-state index in [0.29, 0.717) is 17.0 Å². The molecule has 0 radical (unpaired) electrons. The van der Waals surface area contributed by atoms with Gasteiger partial charge in [0.05, 0.1) is 12.7 Å². The van der Waals surface area contributed by atoms with Crippen molar-refractivity contribution in [1.29, 1.82) is 0 Å². The first-order valence-corrected chi connectivity index (χ1v) is 6.45. The van der Waals surface area contributed by atoms with Crippen LogP contribution in [0.15, 0.2) is 23.0 Å². The molecule has 3 heterocycles. The van der Waals surface area contributed by atoms with Crippen LogP contribution < -0.4 is 5.32 Å². The third kappa shape index (κ3) is 2.08. The van der Waals surface area contributed by atoms with E-state index >= 15 is 0 Å². The molecule has 2 aromatic rings. The van der Waals surface area contributed by atoms with Crippen LogP contribution in [0.4, 0.5) is 4.79 Å². The third-order valence-corrected chi connectivity index (χ3v) is 3.55. The highest BCUT2D eigenvalue weighted by molar-refractivity contribution is 6.07. The summed E-state index contributed by atoms with van der Waals surface area (Å²) in [6.07, 6.45) is 3.28. The van der Waals surface area contributed by atoms with Gasteiger partial charge >= 0.3 is 6.03 Å². The second-order valence-electron chi connectivity index (χ2n) is 5.28. The van der Waals surface area contributed by atoms with Crippen LogP contribution in [-0.2, 0) is 23.9 Å². The van der Waals surface area contributed by atoms with Crippen molar-refractivity contribution in [3.63, 3.8) is 0 Å². The highest BCUT2D eigenvalue weighted by Crippen LogP contribution is 2.29. The number of urea groups is 1. The zero-order valence-corrected chi connectivity index (χ0v) is 12.0. The van der Waals surface area contributed by atoms with Gasteiger partial charge in [0.1, 0.15) is 17.0 Å². The number of carbonyl (C=O) groups is 2. The average molecular weight is 289 g/mol. The third-order valence-electron chi connectivity index (χ3n) is 3.55. The molecule has 0 bridgehead atoms. The van der Waals surface area contributed by atoms with E-state index in [9.17, 15) is 9.59 Å². The highest BCUT2D eigenvalue weighted by Gasteiger charge is 2.49. The van der Waals surface area contributed by atoms with Gasteiger partial charge in [-0.3, -0.25) is 14.4 Å². The Morgan fingerprint density at radius 3 is 2.76 bits per heavy atom. The molecule has 1 atom stereocenters. The molecule has 2 aromatic heterocycles. The zero-order valence-electron chi connectivity index (χ0n) is 12.0. The smallest absolute Gasteiger partial charge is 0.325 e. The minimum Gasteiger partial charge on any atom is -0.361 e. The van der Waals surface area contributed by atoms with Crippen LogP contribution in [0, 0.1) is 6.92 Å². The Hall–Kier alpha value is -2.64. The predicted octanol–water partition coefficient (Wildman–Crippen LogP) is 0.684. The first-order chi connectivity index (χ1) is 9.90. The number of nitrogens with zero attached hydrogens (tertiary/aromatic N) is 4. The number of aryl methyl sites for hydroxylation is 2. The van der Waals surface area contributed by atoms with E-state index in [0.717, 1.165) is 4.90 Å². The Kier molecular flexibility index (Phi) is 2.82. The second kappa shape index (κ2) is 4.44. The first kappa shape index (κ1) is 13.3. The number of hydrogen-bond donors (Lipinski definition) is 1. The van der Waals surface area contributed by atoms with Crippen LogP contribution in [0.3, 0.4) is 0 Å². The fourth-order valence-corrected chi connectivity index (χ4v) is 2.37. The molecule has 1 saturated heterocycles. The van der Waals surface area contributed by atoms with Crippen LogP contribution in [0.5, 0.6) is 0 Å². The van der Waals surface area contributed by atoms with Crippen molar-refractivity contribution in [3.05, 3.63) is 35.5 Å². The van der Waals surface area contributed by atoms with Crippen molar-refractivity contribution in [2.45, 2.75) is 25.9 Å². The molecule has 1 unspecified atom stereocenters. The second-order valence-corrected chi connectivity index (χ2v) is 5.28. The molecule has 3 amide bonds. The fraction of sp³-hybridized carbons (Fsp3) is 0.385. The van der Waals surface area contributed by atoms with Gasteiger partial charge in [-0.25, -0.2) is 4.79 Å². The maximum atomic E-state index is 12.6. The number of nitrogens with one attached hydrogen (secondary N) is 1. The fourth-order valence-electron chi connectivity index (χ4n) is 2.37. The lowest BCUT2D eigenvalue weighted by Gasteiger charge is -2.19. The minimum absolute atomic E-state index is 0.0812. The molecule has 1 N–H and O–H groups in total. The van der Waals surface area contributed by atoms with Gasteiger partial charge in [0.25, 0.3) is 5.91 Å². The zero-order chi connectivity index (χ0) is 15.2. The summed E-state index contributed by atoms with van der Waals surface area (Å²) >= 11 is 0. The van der Waals surface area contributed by atoms with Crippen molar-refractivity contribution in [3.8, 4) is 0 Å². The average Bonchev–Trinajstić information content (AvgIpc) is 3.08. The van der Waals surface area contributed by atoms with E-state index < -0.39 is 11.6 Å². The normalized spacial score (nSPS) is 22.0. The molecule has 8 nitrogen and oxygen atoms in total. The summed E-state index contributed by atoms with van der Waals surface area (Å²) in [5.74, 6) is 0.299. The molecule has 1 aliphatic heterocycles. The lowest BCUT2D eigenvalue weighted by Crippen LogP contribution is -2.40. The molecule has 0 aromatic carbocycles. The van der Waals surface area contributed by atoms with Crippen LogP contribution in [0.1, 0.15) is 23.9 Å². The van der Waals surface area contributed by atoms with Crippen LogP contribution in [-0.4, -0.2) is 31.8 Å². The van der Waals surface area contributed by atoms with Crippen LogP contribution in [0.25, 0.3) is 0 Å². The van der Waals surface area contributed by atoms with Gasteiger partial charge in [-0.15, -0.1) is 0 Å². The Morgan fingerprint density at radius 1 is 1.43 bits per heavy atom. The quantitative estimate of drug-likeness (QED) is 0.839. The van der Waals surface area contributed by atoms with Crippen molar-refractivity contribution in [2.24, 2.45) is 7.05 Å². The number of amides is 3. The maximum absolute atomic E-state index is 12.6. The Morgan fingerprint density at radius 2 is 2.19 bits per heavy atom. The van der Waals surface area contributed by atoms with E-state index in [1.54, 1.807) is 44.0 Å². The molecular weight excluding hydrogens is 274 g/mol. The number of aromatic nitrogens is 3. The number of rotatable bonds is 3. The number of hydrogen-bond acceptors (Lipinski definition) is 5. The molecule has 0 aliphatic carbocycles. The summed E-state index contributed by atoms with van der Waals surface area (Å²) in [7, 11) is 1.75. The lowest BCUT2D eigenvalue weighted by atomic mass is 9.95. The SMILES string of the molecule is Cc1cc(CN2C(=O)NC(C)(c3cnn(C)c3)C2=O)no1. The van der Waals surface area contributed by atoms with Gasteiger partial charge in [0.2, 0.25) is 0 Å². The molecule has 0 saturated carbocycles. The van der Waals surface area contributed by atoms with Gasteiger partial charge in [0.15, 0.2) is 0 Å². The molecular formula is C13H15N5O3. The van der Waals surface area contributed by atoms with Crippen molar-refractivity contribution >= 4 is 11.9 Å². The van der Waals surface area contributed by atoms with Gasteiger partial charge in [-0.05, 0) is 13.8 Å². The highest BCUT2D eigenvalue weighted by atomic mass is 16.5. The van der Waals surface area contributed by atoms with Crippen LogP contribution in [0.2, 0.25) is 0 Å². The van der Waals surface area contributed by atoms with E-state index in [4.69, 9.17) is 4.52 Å². The lowest BCUT2D eigenvalue weighted by molar-refractivity contribution is -0.131. The first-order valence-electron chi connectivity index (χ1n) is 6.45. The van der Waals surface area contributed by atoms with Gasteiger partial charge in [-0.2, -0.15) is 5.10 Å². The summed E-state index contributed by atoms with van der Waals surface area (Å²) in [5.41, 5.74) is 0.0676. The van der Waals surface area contributed by atoms with Crippen molar-refractivity contribution in [2.75, 3.05) is 0 Å². The standard InChI is InChI=1S/C13H15N5O3/c1-8-4-10(16-21-8)7-18-11(19)13(2,15-12(18)20)9-5-14-17(3)6-9/h4-6H,7H2,1-3H3,(H,15,20). The van der Waals surface area contributed by atoms with E-state index in [1.807, 2.05) is 0 Å². The van der Waals surface area contributed by atoms with Crippen molar-refractivity contribution in [1.82, 2.24) is 25.2 Å². The predicted molar refractivity (Wildman–Crippen MR) is 70.9 cm³/mol. The molecule has 3 rings (SSSR count). The summed E-state index contributed by atoms with van der Waals surface area (Å²) in [4.78, 5) is 25.8. The summed E-state index contributed by atoms with van der Waals surface area (Å²) in [5, 5.41) is 10.6. The summed E-state index contributed by atoms with van der Waals surface area (Å²) in [6, 6.07) is 1.24. The van der Waals surface area contributed by atoms with Crippen molar-refractivity contribution < 1.29 is 14.1 Å². The maximum Gasteiger partial charge on any atom is 0.325 e. The monoisotopic (exact) mass is 289 g/mol. The Bertz CT molecular complexity index is 719. The molecule has 21 heavy (non-hydrogen) atoms. The van der Waals surface area contributed by atoms with E-state index in [-0.39, 0.29) is 12.5 Å². The molecule has 110 valence electrons. The topological polar surface area (TPSA) is 93.3 Å². The molecule has 8 heteroatoms. The largest absolute Gasteiger partial charge is 0.361 e. The van der Waals surface area contributed by atoms with E-state index in [1.165, 1.54) is 0 Å². The number of carbonyl (C=O) groups excluding carboxylic acids is 2. The molecule has 0 spiro atoms. The van der Waals surface area contributed by atoms with Gasteiger partial charge < -0.3 is 9.84 Å². The van der Waals surface area contributed by atoms with E-state index in [2.05, 4.69) is 15.6 Å².